The van der Waals surface area contributed by atoms with Gasteiger partial charge in [0, 0.05) is 5.92 Å². The SMILES string of the molecule is O=C1O[C@@H]2[C@H](Cl)[C@H]3C[C@@H]2[C@@H]1C3. The molecule has 60 valence electrons. The van der Waals surface area contributed by atoms with E-state index in [-0.39, 0.29) is 23.4 Å². The summed E-state index contributed by atoms with van der Waals surface area (Å²) in [6, 6.07) is 0. The van der Waals surface area contributed by atoms with Gasteiger partial charge in [-0.2, -0.15) is 0 Å². The minimum atomic E-state index is 0.00523. The predicted octanol–water partition coefficient (Wildman–Crippen LogP) is 1.18. The first kappa shape index (κ1) is 6.30. The van der Waals surface area contributed by atoms with Crippen LogP contribution >= 0.6 is 11.6 Å². The summed E-state index contributed by atoms with van der Waals surface area (Å²) in [4.78, 5) is 11.2. The van der Waals surface area contributed by atoms with E-state index in [2.05, 4.69) is 0 Å². The molecule has 3 fully saturated rings. The van der Waals surface area contributed by atoms with E-state index in [1.807, 2.05) is 0 Å². The molecule has 3 aliphatic rings. The second-order valence-corrected chi connectivity index (χ2v) is 4.35. The quantitative estimate of drug-likeness (QED) is 0.405. The average molecular weight is 173 g/mol. The smallest absolute Gasteiger partial charge is 0.309 e. The van der Waals surface area contributed by atoms with E-state index in [9.17, 15) is 4.79 Å². The minimum Gasteiger partial charge on any atom is -0.460 e. The van der Waals surface area contributed by atoms with Crippen molar-refractivity contribution in [2.24, 2.45) is 17.8 Å². The highest BCUT2D eigenvalue weighted by atomic mass is 35.5. The van der Waals surface area contributed by atoms with Gasteiger partial charge >= 0.3 is 5.97 Å². The van der Waals surface area contributed by atoms with Crippen LogP contribution in [-0.2, 0) is 9.53 Å². The summed E-state index contributed by atoms with van der Waals surface area (Å²) in [7, 11) is 0. The first-order valence-corrected chi connectivity index (χ1v) is 4.55. The molecule has 1 saturated heterocycles. The molecule has 2 aliphatic carbocycles. The number of hydrogen-bond acceptors (Lipinski definition) is 2. The lowest BCUT2D eigenvalue weighted by molar-refractivity contribution is -0.143. The molecule has 5 atom stereocenters. The van der Waals surface area contributed by atoms with Crippen molar-refractivity contribution in [2.75, 3.05) is 0 Å². The first-order chi connectivity index (χ1) is 5.27. The second kappa shape index (κ2) is 1.74. The van der Waals surface area contributed by atoms with Gasteiger partial charge in [0.15, 0.2) is 0 Å². The Kier molecular flexibility index (Phi) is 0.995. The molecule has 2 saturated carbocycles. The van der Waals surface area contributed by atoms with E-state index in [0.29, 0.717) is 11.8 Å². The molecule has 0 spiro atoms. The molecule has 0 radical (unpaired) electrons. The van der Waals surface area contributed by atoms with Gasteiger partial charge in [0.2, 0.25) is 0 Å². The lowest BCUT2D eigenvalue weighted by atomic mass is 9.90. The van der Waals surface area contributed by atoms with E-state index < -0.39 is 0 Å². The van der Waals surface area contributed by atoms with Gasteiger partial charge in [-0.05, 0) is 18.8 Å². The van der Waals surface area contributed by atoms with Crippen LogP contribution in [0, 0.1) is 17.8 Å². The fraction of sp³-hybridized carbons (Fsp3) is 0.875. The van der Waals surface area contributed by atoms with Crippen molar-refractivity contribution >= 4 is 17.6 Å². The molecule has 0 aromatic heterocycles. The fourth-order valence-electron chi connectivity index (χ4n) is 2.88. The topological polar surface area (TPSA) is 26.3 Å². The van der Waals surface area contributed by atoms with Crippen LogP contribution in [0.4, 0.5) is 0 Å². The third kappa shape index (κ3) is 0.583. The number of fused-ring (bicyclic) bond motifs is 1. The summed E-state index contributed by atoms with van der Waals surface area (Å²) < 4.78 is 5.18. The molecule has 1 heterocycles. The summed E-state index contributed by atoms with van der Waals surface area (Å²) in [6.07, 6.45) is 2.16. The van der Waals surface area contributed by atoms with E-state index in [4.69, 9.17) is 16.3 Å². The molecule has 3 rings (SSSR count). The van der Waals surface area contributed by atoms with Gasteiger partial charge in [0.1, 0.15) is 6.10 Å². The Morgan fingerprint density at radius 2 is 2.27 bits per heavy atom. The molecule has 0 aromatic carbocycles. The van der Waals surface area contributed by atoms with E-state index in [1.54, 1.807) is 0 Å². The lowest BCUT2D eigenvalue weighted by Gasteiger charge is -2.18. The van der Waals surface area contributed by atoms with Gasteiger partial charge in [-0.1, -0.05) is 0 Å². The Balaban J connectivity index is 2.04. The number of ether oxygens (including phenoxy) is 1. The highest BCUT2D eigenvalue weighted by Crippen LogP contribution is 2.56. The molecule has 0 unspecified atom stereocenters. The summed E-state index contributed by atoms with van der Waals surface area (Å²) in [5.74, 6) is 1.24. The first-order valence-electron chi connectivity index (χ1n) is 4.12. The van der Waals surface area contributed by atoms with Crippen LogP contribution in [0.25, 0.3) is 0 Å². The standard InChI is InChI=1S/C8H9ClO2/c9-6-3-1-4-5(2-3)8(10)11-7(4)6/h3-7H,1-2H2/t3-,4+,5-,6+,7-/m0/s1. The molecule has 2 nitrogen and oxygen atoms in total. The number of carbonyl (C=O) groups excluding carboxylic acids is 1. The van der Waals surface area contributed by atoms with E-state index in [1.165, 1.54) is 0 Å². The Labute approximate surface area is 69.9 Å². The Hall–Kier alpha value is -0.240. The van der Waals surface area contributed by atoms with E-state index >= 15 is 0 Å². The lowest BCUT2D eigenvalue weighted by Crippen LogP contribution is -2.26. The van der Waals surface area contributed by atoms with Crippen LogP contribution < -0.4 is 0 Å². The Morgan fingerprint density at radius 1 is 1.45 bits per heavy atom. The summed E-state index contributed by atoms with van der Waals surface area (Å²) in [5.41, 5.74) is 0. The monoisotopic (exact) mass is 172 g/mol. The summed E-state index contributed by atoms with van der Waals surface area (Å²) in [6.45, 7) is 0. The third-order valence-electron chi connectivity index (χ3n) is 3.39. The van der Waals surface area contributed by atoms with Crippen molar-refractivity contribution in [1.29, 1.82) is 0 Å². The molecule has 0 aromatic rings. The number of halogens is 1. The number of carbonyl (C=O) groups is 1. The Bertz CT molecular complexity index is 228. The van der Waals surface area contributed by atoms with Crippen LogP contribution in [0.2, 0.25) is 0 Å². The van der Waals surface area contributed by atoms with Crippen LogP contribution in [0.5, 0.6) is 0 Å². The van der Waals surface area contributed by atoms with Gasteiger partial charge in [-0.3, -0.25) is 4.79 Å². The van der Waals surface area contributed by atoms with Crippen molar-refractivity contribution in [2.45, 2.75) is 24.3 Å². The maximum Gasteiger partial charge on any atom is 0.309 e. The Morgan fingerprint density at radius 3 is 2.91 bits per heavy atom. The zero-order chi connectivity index (χ0) is 7.59. The molecular formula is C8H9ClO2. The largest absolute Gasteiger partial charge is 0.460 e. The molecule has 2 bridgehead atoms. The van der Waals surface area contributed by atoms with Gasteiger partial charge < -0.3 is 4.74 Å². The van der Waals surface area contributed by atoms with Crippen molar-refractivity contribution in [1.82, 2.24) is 0 Å². The molecular weight excluding hydrogens is 164 g/mol. The summed E-state index contributed by atoms with van der Waals surface area (Å²) >= 11 is 6.09. The number of hydrogen-bond donors (Lipinski definition) is 0. The molecule has 0 N–H and O–H groups in total. The van der Waals surface area contributed by atoms with Gasteiger partial charge in [-0.15, -0.1) is 11.6 Å². The van der Waals surface area contributed by atoms with Crippen molar-refractivity contribution in [3.8, 4) is 0 Å². The highest BCUT2D eigenvalue weighted by molar-refractivity contribution is 6.21. The number of esters is 1. The highest BCUT2D eigenvalue weighted by Gasteiger charge is 2.61. The fourth-order valence-corrected chi connectivity index (χ4v) is 3.33. The van der Waals surface area contributed by atoms with E-state index in [0.717, 1.165) is 12.8 Å². The van der Waals surface area contributed by atoms with Gasteiger partial charge in [0.25, 0.3) is 0 Å². The number of rotatable bonds is 0. The van der Waals surface area contributed by atoms with Crippen molar-refractivity contribution < 1.29 is 9.53 Å². The van der Waals surface area contributed by atoms with Crippen LogP contribution in [0.3, 0.4) is 0 Å². The van der Waals surface area contributed by atoms with Crippen LogP contribution in [0.1, 0.15) is 12.8 Å². The van der Waals surface area contributed by atoms with Gasteiger partial charge in [0.05, 0.1) is 11.3 Å². The zero-order valence-corrected chi connectivity index (χ0v) is 6.75. The van der Waals surface area contributed by atoms with Crippen molar-refractivity contribution in [3.63, 3.8) is 0 Å². The normalized spacial score (nSPS) is 58.6. The van der Waals surface area contributed by atoms with Crippen LogP contribution in [-0.4, -0.2) is 17.5 Å². The third-order valence-corrected chi connectivity index (χ3v) is 3.99. The number of alkyl halides is 1. The molecule has 11 heavy (non-hydrogen) atoms. The average Bonchev–Trinajstić information content (AvgIpc) is 2.53. The summed E-state index contributed by atoms with van der Waals surface area (Å²) in [5, 5.41) is 0.114. The minimum absolute atomic E-state index is 0.00523. The predicted molar refractivity (Wildman–Crippen MR) is 39.2 cm³/mol. The molecule has 1 aliphatic heterocycles. The maximum atomic E-state index is 11.2. The molecule has 0 amide bonds. The zero-order valence-electron chi connectivity index (χ0n) is 6.00. The maximum absolute atomic E-state index is 11.2. The second-order valence-electron chi connectivity index (χ2n) is 3.85. The molecule has 3 heteroatoms. The van der Waals surface area contributed by atoms with Crippen molar-refractivity contribution in [3.05, 3.63) is 0 Å². The van der Waals surface area contributed by atoms with Crippen LogP contribution in [0.15, 0.2) is 0 Å². The van der Waals surface area contributed by atoms with Gasteiger partial charge in [-0.25, -0.2) is 0 Å².